The molecule has 0 aliphatic rings. The lowest BCUT2D eigenvalue weighted by molar-refractivity contribution is -0.137. The Bertz CT molecular complexity index is 726. The van der Waals surface area contributed by atoms with E-state index in [1.807, 2.05) is 13.1 Å². The van der Waals surface area contributed by atoms with Gasteiger partial charge in [0.25, 0.3) is 0 Å². The van der Waals surface area contributed by atoms with E-state index in [0.29, 0.717) is 6.20 Å². The Kier molecular flexibility index (Phi) is 8.72. The van der Waals surface area contributed by atoms with Crippen molar-refractivity contribution in [1.29, 1.82) is 0 Å². The van der Waals surface area contributed by atoms with Gasteiger partial charge in [0, 0.05) is 19.2 Å². The molecule has 1 aromatic rings. The van der Waals surface area contributed by atoms with Gasteiger partial charge in [-0.1, -0.05) is 20.8 Å². The second kappa shape index (κ2) is 9.87. The zero-order chi connectivity index (χ0) is 24.3. The number of ether oxygens (including phenoxy) is 1. The molecule has 0 fully saturated rings. The summed E-state index contributed by atoms with van der Waals surface area (Å²) in [7, 11) is -2.26. The van der Waals surface area contributed by atoms with Crippen molar-refractivity contribution < 1.29 is 32.2 Å². The average molecular weight is 465 g/mol. The molecule has 1 aromatic heterocycles. The van der Waals surface area contributed by atoms with Crippen LogP contribution in [0, 0.1) is 0 Å². The number of aliphatic hydroxyl groups excluding tert-OH is 1. The van der Waals surface area contributed by atoms with Crippen molar-refractivity contribution in [3.8, 4) is 0 Å². The van der Waals surface area contributed by atoms with Gasteiger partial charge in [0.15, 0.2) is 8.32 Å². The van der Waals surface area contributed by atoms with Crippen LogP contribution in [0.15, 0.2) is 18.3 Å². The molecule has 0 radical (unpaired) electrons. The van der Waals surface area contributed by atoms with Crippen molar-refractivity contribution in [3.63, 3.8) is 0 Å². The van der Waals surface area contributed by atoms with Crippen molar-refractivity contribution >= 4 is 14.4 Å². The fourth-order valence-electron chi connectivity index (χ4n) is 2.42. The van der Waals surface area contributed by atoms with Gasteiger partial charge in [-0.25, -0.2) is 4.79 Å². The van der Waals surface area contributed by atoms with Crippen molar-refractivity contribution in [1.82, 2.24) is 10.3 Å². The number of hydrogen-bond acceptors (Lipinski definition) is 5. The minimum Gasteiger partial charge on any atom is -0.444 e. The zero-order valence-corrected chi connectivity index (χ0v) is 20.6. The first-order valence-corrected chi connectivity index (χ1v) is 13.1. The molecule has 0 saturated carbocycles. The molecule has 0 bridgehead atoms. The first-order valence-electron chi connectivity index (χ1n) is 10.2. The summed E-state index contributed by atoms with van der Waals surface area (Å²) < 4.78 is 49.9. The van der Waals surface area contributed by atoms with Crippen LogP contribution in [0.25, 0.3) is 0 Å². The van der Waals surface area contributed by atoms with Crippen LogP contribution in [0.2, 0.25) is 18.1 Å². The Labute approximate surface area is 183 Å². The molecular formula is C21H35F3N2O4Si. The topological polar surface area (TPSA) is 80.7 Å². The Morgan fingerprint density at radius 3 is 2.16 bits per heavy atom. The van der Waals surface area contributed by atoms with Gasteiger partial charge in [0.05, 0.1) is 23.5 Å². The summed E-state index contributed by atoms with van der Waals surface area (Å²) in [5.41, 5.74) is -1.44. The van der Waals surface area contributed by atoms with Crippen LogP contribution >= 0.6 is 0 Å². The molecule has 2 atom stereocenters. The maximum Gasteiger partial charge on any atom is 0.417 e. The van der Waals surface area contributed by atoms with Crippen LogP contribution in [0.1, 0.15) is 65.3 Å². The van der Waals surface area contributed by atoms with Crippen LogP contribution in [-0.2, 0) is 15.3 Å². The van der Waals surface area contributed by atoms with Gasteiger partial charge in [0.2, 0.25) is 0 Å². The number of amides is 1. The molecule has 1 heterocycles. The van der Waals surface area contributed by atoms with Crippen LogP contribution in [0.4, 0.5) is 18.0 Å². The van der Waals surface area contributed by atoms with Gasteiger partial charge >= 0.3 is 12.3 Å². The molecule has 1 rings (SSSR count). The molecule has 178 valence electrons. The third-order valence-corrected chi connectivity index (χ3v) is 9.62. The largest absolute Gasteiger partial charge is 0.444 e. The molecule has 10 heteroatoms. The predicted molar refractivity (Wildman–Crippen MR) is 115 cm³/mol. The van der Waals surface area contributed by atoms with Crippen molar-refractivity contribution in [3.05, 3.63) is 29.6 Å². The standard InChI is InChI=1S/C21H35F3N2O4Si/c1-19(2,3)29-18(28)26-13-15(30-31(7,8)20(4,5)6)11-17(27)16-10-9-14(12-25-16)21(22,23)24/h9-10,12,15,17,27H,11,13H2,1-8H3,(H,26,28)/t15-,17?/m1/s1. The SMILES string of the molecule is CC(C)(C)OC(=O)NC[C@@H](CC(O)c1ccc(C(F)(F)F)cn1)O[Si](C)(C)C(C)(C)C. The Balaban J connectivity index is 2.95. The van der Waals surface area contributed by atoms with Crippen molar-refractivity contribution in [2.24, 2.45) is 0 Å². The number of rotatable bonds is 7. The van der Waals surface area contributed by atoms with E-state index in [1.54, 1.807) is 20.8 Å². The smallest absolute Gasteiger partial charge is 0.417 e. The summed E-state index contributed by atoms with van der Waals surface area (Å²) in [5, 5.41) is 13.1. The Morgan fingerprint density at radius 1 is 1.16 bits per heavy atom. The van der Waals surface area contributed by atoms with Gasteiger partial charge < -0.3 is 19.6 Å². The molecule has 6 nitrogen and oxygen atoms in total. The Hall–Kier alpha value is -1.65. The number of nitrogens with one attached hydrogen (secondary N) is 1. The normalized spacial score (nSPS) is 15.4. The zero-order valence-electron chi connectivity index (χ0n) is 19.6. The lowest BCUT2D eigenvalue weighted by Crippen LogP contribution is -2.48. The van der Waals surface area contributed by atoms with E-state index in [2.05, 4.69) is 31.1 Å². The number of pyridine rings is 1. The number of aromatic nitrogens is 1. The number of aliphatic hydroxyl groups is 1. The number of hydrogen-bond donors (Lipinski definition) is 2. The lowest BCUT2D eigenvalue weighted by Gasteiger charge is -2.39. The van der Waals surface area contributed by atoms with E-state index < -0.39 is 44.0 Å². The highest BCUT2D eigenvalue weighted by atomic mass is 28.4. The molecular weight excluding hydrogens is 429 g/mol. The number of alkyl halides is 3. The summed E-state index contributed by atoms with van der Waals surface area (Å²) in [6, 6.07) is 2.03. The highest BCUT2D eigenvalue weighted by Crippen LogP contribution is 2.38. The Morgan fingerprint density at radius 2 is 1.74 bits per heavy atom. The number of alkyl carbamates (subject to hydrolysis) is 1. The van der Waals surface area contributed by atoms with E-state index >= 15 is 0 Å². The second-order valence-electron chi connectivity index (χ2n) is 10.1. The van der Waals surface area contributed by atoms with Crippen LogP contribution in [0.5, 0.6) is 0 Å². The number of halogens is 3. The van der Waals surface area contributed by atoms with Crippen molar-refractivity contribution in [2.45, 2.75) is 90.1 Å². The molecule has 0 aromatic carbocycles. The average Bonchev–Trinajstić information content (AvgIpc) is 2.56. The second-order valence-corrected chi connectivity index (χ2v) is 14.9. The minimum absolute atomic E-state index is 0.0562. The molecule has 0 spiro atoms. The first kappa shape index (κ1) is 27.4. The molecule has 0 aliphatic heterocycles. The van der Waals surface area contributed by atoms with Crippen LogP contribution in [0.3, 0.4) is 0 Å². The minimum atomic E-state index is -4.50. The van der Waals surface area contributed by atoms with Gasteiger partial charge in [-0.2, -0.15) is 13.2 Å². The van der Waals surface area contributed by atoms with E-state index in [9.17, 15) is 23.1 Å². The van der Waals surface area contributed by atoms with Gasteiger partial charge in [-0.05, 0) is 51.0 Å². The third-order valence-electron chi connectivity index (χ3n) is 5.08. The quantitative estimate of drug-likeness (QED) is 0.525. The monoisotopic (exact) mass is 464 g/mol. The van der Waals surface area contributed by atoms with Gasteiger partial charge in [-0.3, -0.25) is 4.98 Å². The van der Waals surface area contributed by atoms with Crippen LogP contribution < -0.4 is 5.32 Å². The molecule has 0 saturated heterocycles. The van der Waals surface area contributed by atoms with E-state index in [1.165, 1.54) is 0 Å². The maximum absolute atomic E-state index is 12.8. The summed E-state index contributed by atoms with van der Waals surface area (Å²) in [6.45, 7) is 15.6. The number of nitrogens with zero attached hydrogens (tertiary/aromatic N) is 1. The molecule has 1 unspecified atom stereocenters. The summed E-state index contributed by atoms with van der Waals surface area (Å²) in [6.07, 6.45) is -6.09. The number of carbonyl (C=O) groups is 1. The summed E-state index contributed by atoms with van der Waals surface area (Å²) >= 11 is 0. The molecule has 31 heavy (non-hydrogen) atoms. The van der Waals surface area contributed by atoms with E-state index in [4.69, 9.17) is 9.16 Å². The van der Waals surface area contributed by atoms with E-state index in [-0.39, 0.29) is 23.7 Å². The first-order chi connectivity index (χ1) is 13.8. The van der Waals surface area contributed by atoms with Crippen molar-refractivity contribution in [2.75, 3.05) is 6.54 Å². The highest BCUT2D eigenvalue weighted by Gasteiger charge is 2.40. The third kappa shape index (κ3) is 9.16. The molecule has 0 aliphatic carbocycles. The van der Waals surface area contributed by atoms with Gasteiger partial charge in [-0.15, -0.1) is 0 Å². The predicted octanol–water partition coefficient (Wildman–Crippen LogP) is 5.44. The number of carbonyl (C=O) groups excluding carboxylic acids is 1. The highest BCUT2D eigenvalue weighted by molar-refractivity contribution is 6.74. The molecule has 1 amide bonds. The van der Waals surface area contributed by atoms with Gasteiger partial charge in [0.1, 0.15) is 5.60 Å². The lowest BCUT2D eigenvalue weighted by atomic mass is 10.1. The summed E-state index contributed by atoms with van der Waals surface area (Å²) in [5.74, 6) is 0. The summed E-state index contributed by atoms with van der Waals surface area (Å²) in [4.78, 5) is 15.8. The van der Waals surface area contributed by atoms with E-state index in [0.717, 1.165) is 12.1 Å². The van der Waals surface area contributed by atoms with Crippen LogP contribution in [-0.4, -0.2) is 42.8 Å². The maximum atomic E-state index is 12.8. The fraction of sp³-hybridized carbons (Fsp3) is 0.714. The molecule has 2 N–H and O–H groups in total. The fourth-order valence-corrected chi connectivity index (χ4v) is 3.78.